The van der Waals surface area contributed by atoms with Crippen LogP contribution in [0.3, 0.4) is 0 Å². The molecule has 0 aliphatic heterocycles. The van der Waals surface area contributed by atoms with Crippen LogP contribution in [0.2, 0.25) is 0 Å². The summed E-state index contributed by atoms with van der Waals surface area (Å²) in [6.07, 6.45) is 7.35. The maximum atomic E-state index is 2.47. The van der Waals surface area contributed by atoms with Crippen molar-refractivity contribution in [3.05, 3.63) is 41.0 Å². The molecule has 0 aromatic carbocycles. The Morgan fingerprint density at radius 3 is 1.35 bits per heavy atom. The molecule has 92 valence electrons. The Labute approximate surface area is 114 Å². The van der Waals surface area contributed by atoms with Crippen LogP contribution in [0.1, 0.15) is 40.5 Å². The van der Waals surface area contributed by atoms with Gasteiger partial charge in [0.05, 0.1) is 0 Å². The van der Waals surface area contributed by atoms with E-state index < -0.39 is 23.2 Å². The van der Waals surface area contributed by atoms with Crippen molar-refractivity contribution in [3.8, 4) is 0 Å². The fourth-order valence-corrected chi connectivity index (χ4v) is 5.70. The summed E-state index contributed by atoms with van der Waals surface area (Å²) in [4.78, 5) is 0. The van der Waals surface area contributed by atoms with Crippen LogP contribution in [0, 0.1) is 0 Å². The van der Waals surface area contributed by atoms with Gasteiger partial charge in [0, 0.05) is 0 Å². The minimum absolute atomic E-state index is 0. The fourth-order valence-electron chi connectivity index (χ4n) is 2.02. The first kappa shape index (κ1) is 16.7. The van der Waals surface area contributed by atoms with Crippen LogP contribution in [0.15, 0.2) is 41.0 Å². The van der Waals surface area contributed by atoms with Crippen molar-refractivity contribution >= 4 is 0 Å². The van der Waals surface area contributed by atoms with Crippen molar-refractivity contribution < 1.29 is 32.6 Å². The van der Waals surface area contributed by atoms with E-state index >= 15 is 0 Å². The van der Waals surface area contributed by atoms with Crippen molar-refractivity contribution in [1.82, 2.24) is 0 Å². The molecule has 0 saturated heterocycles. The maximum Gasteiger partial charge on any atom is -1.00 e. The second-order valence-electron chi connectivity index (χ2n) is 4.58. The molecule has 0 fully saturated rings. The number of halogens is 2. The van der Waals surface area contributed by atoms with E-state index in [0.717, 1.165) is 0 Å². The summed E-state index contributed by atoms with van der Waals surface area (Å²) >= 11 is -0.486. The summed E-state index contributed by atoms with van der Waals surface area (Å²) in [6.45, 7) is 9.15. The van der Waals surface area contributed by atoms with Crippen molar-refractivity contribution in [2.45, 2.75) is 40.5 Å². The van der Waals surface area contributed by atoms with E-state index in [0.29, 0.717) is 0 Å². The Kier molecular flexibility index (Phi) is 6.47. The second-order valence-corrected chi connectivity index (χ2v) is 7.84. The average molecular weight is 316 g/mol. The van der Waals surface area contributed by atoms with Crippen LogP contribution in [0.5, 0.6) is 0 Å². The van der Waals surface area contributed by atoms with Crippen molar-refractivity contribution in [3.63, 3.8) is 0 Å². The summed E-state index contributed by atoms with van der Waals surface area (Å²) in [7, 11) is 0. The largest absolute Gasteiger partial charge is 1.00 e. The predicted molar refractivity (Wildman–Crippen MR) is 62.1 cm³/mol. The van der Waals surface area contributed by atoms with Gasteiger partial charge in [0.15, 0.2) is 0 Å². The van der Waals surface area contributed by atoms with Gasteiger partial charge >= 0.3 is 105 Å². The van der Waals surface area contributed by atoms with E-state index in [1.54, 1.807) is 28.9 Å². The van der Waals surface area contributed by atoms with Gasteiger partial charge < -0.3 is 9.41 Å². The van der Waals surface area contributed by atoms with Gasteiger partial charge in [-0.15, -0.1) is 0 Å². The normalized spacial score (nSPS) is 18.4. The number of allylic oxidation sites excluding steroid dienone is 8. The summed E-state index contributed by atoms with van der Waals surface area (Å²) in [5.41, 5.74) is 6.37. The standard InChI is InChI=1S/2C7H9.2FH.Zr/c2*1-6-4-3-5-7(6)2;;;/h2*3H,4H2,1-2H3;2*1H;/q;;;;+2/p-2. The fraction of sp³-hybridized carbons (Fsp3) is 0.429. The molecule has 2 rings (SSSR count). The summed E-state index contributed by atoms with van der Waals surface area (Å²) in [5, 5.41) is 0. The molecular formula is C14H18F2Zr. The predicted octanol–water partition coefficient (Wildman–Crippen LogP) is -1.68. The third kappa shape index (κ3) is 3.34. The maximum absolute atomic E-state index is 2.47. The first-order chi connectivity index (χ1) is 7.09. The van der Waals surface area contributed by atoms with E-state index in [2.05, 4.69) is 39.8 Å². The van der Waals surface area contributed by atoms with Crippen LogP contribution >= 0.6 is 0 Å². The minimum Gasteiger partial charge on any atom is -1.00 e. The van der Waals surface area contributed by atoms with Gasteiger partial charge in [-0.05, 0) is 0 Å². The topological polar surface area (TPSA) is 0 Å². The van der Waals surface area contributed by atoms with Crippen LogP contribution < -0.4 is 9.41 Å². The molecule has 0 aromatic rings. The van der Waals surface area contributed by atoms with Gasteiger partial charge in [-0.3, -0.25) is 0 Å². The first-order valence-electron chi connectivity index (χ1n) is 5.60. The molecule has 0 atom stereocenters. The first-order valence-corrected chi connectivity index (χ1v) is 8.06. The number of hydrogen-bond donors (Lipinski definition) is 0. The van der Waals surface area contributed by atoms with E-state index in [4.69, 9.17) is 0 Å². The molecule has 17 heavy (non-hydrogen) atoms. The van der Waals surface area contributed by atoms with Crippen LogP contribution in [0.25, 0.3) is 0 Å². The van der Waals surface area contributed by atoms with Crippen LogP contribution in [-0.4, -0.2) is 0 Å². The molecular weight excluding hydrogens is 297 g/mol. The number of rotatable bonds is 2. The molecule has 0 N–H and O–H groups in total. The zero-order chi connectivity index (χ0) is 11.0. The molecule has 0 aromatic heterocycles. The molecule has 3 heteroatoms. The monoisotopic (exact) mass is 314 g/mol. The number of hydrogen-bond acceptors (Lipinski definition) is 0. The van der Waals surface area contributed by atoms with Gasteiger partial charge in [-0.25, -0.2) is 0 Å². The Morgan fingerprint density at radius 1 is 0.765 bits per heavy atom. The van der Waals surface area contributed by atoms with Gasteiger partial charge in [0.25, 0.3) is 0 Å². The third-order valence-electron chi connectivity index (χ3n) is 3.58. The zero-order valence-electron chi connectivity index (χ0n) is 10.8. The molecule has 0 saturated carbocycles. The molecule has 2 aliphatic carbocycles. The molecule has 0 spiro atoms. The van der Waals surface area contributed by atoms with Crippen molar-refractivity contribution in [1.29, 1.82) is 0 Å². The SMILES string of the molecule is CC1=C(C)[C]([Zr+2][C]2=CCC(C)=C2C)=CC1.[F-].[F-]. The molecule has 0 nitrogen and oxygen atoms in total. The molecule has 0 bridgehead atoms. The summed E-state index contributed by atoms with van der Waals surface area (Å²) < 4.78 is 3.44. The minimum atomic E-state index is -0.486. The quantitative estimate of drug-likeness (QED) is 0.571. The third-order valence-corrected chi connectivity index (χ3v) is 7.75. The van der Waals surface area contributed by atoms with Crippen LogP contribution in [0.4, 0.5) is 0 Å². The van der Waals surface area contributed by atoms with Crippen LogP contribution in [-0.2, 0) is 23.2 Å². The van der Waals surface area contributed by atoms with E-state index in [1.165, 1.54) is 12.8 Å². The smallest absolute Gasteiger partial charge is 1.00 e. The second kappa shape index (κ2) is 6.59. The Morgan fingerprint density at radius 2 is 1.12 bits per heavy atom. The van der Waals surface area contributed by atoms with Gasteiger partial charge in [0.2, 0.25) is 0 Å². The summed E-state index contributed by atoms with van der Waals surface area (Å²) in [6, 6.07) is 0. The zero-order valence-corrected chi connectivity index (χ0v) is 13.3. The van der Waals surface area contributed by atoms with Gasteiger partial charge in [-0.1, -0.05) is 0 Å². The van der Waals surface area contributed by atoms with Crippen molar-refractivity contribution in [2.75, 3.05) is 0 Å². The van der Waals surface area contributed by atoms with E-state index in [-0.39, 0.29) is 9.41 Å². The molecule has 0 radical (unpaired) electrons. The Hall–Kier alpha value is -0.297. The average Bonchev–Trinajstić information content (AvgIpc) is 2.68. The van der Waals surface area contributed by atoms with Crippen molar-refractivity contribution in [2.24, 2.45) is 0 Å². The van der Waals surface area contributed by atoms with Gasteiger partial charge in [-0.2, -0.15) is 0 Å². The van der Waals surface area contributed by atoms with E-state index in [9.17, 15) is 0 Å². The Balaban J connectivity index is 0.00000128. The molecule has 0 amide bonds. The summed E-state index contributed by atoms with van der Waals surface area (Å²) in [5.74, 6) is 0. The molecule has 2 aliphatic rings. The Bertz CT molecular complexity index is 386. The van der Waals surface area contributed by atoms with E-state index in [1.807, 2.05) is 0 Å². The molecule has 0 unspecified atom stereocenters. The molecule has 0 heterocycles. The van der Waals surface area contributed by atoms with Gasteiger partial charge in [0.1, 0.15) is 0 Å².